The van der Waals surface area contributed by atoms with Crippen molar-refractivity contribution >= 4 is 0 Å². The van der Waals surface area contributed by atoms with Gasteiger partial charge in [0.25, 0.3) is 0 Å². The molecule has 0 bridgehead atoms. The van der Waals surface area contributed by atoms with Crippen LogP contribution in [0.5, 0.6) is 0 Å². The van der Waals surface area contributed by atoms with Gasteiger partial charge in [0.15, 0.2) is 11.6 Å². The van der Waals surface area contributed by atoms with Crippen LogP contribution in [0, 0.1) is 17.0 Å². The summed E-state index contributed by atoms with van der Waals surface area (Å²) in [7, 11) is 0. The van der Waals surface area contributed by atoms with E-state index in [-0.39, 0.29) is 5.41 Å². The van der Waals surface area contributed by atoms with Crippen molar-refractivity contribution < 1.29 is 13.5 Å². The first-order chi connectivity index (χ1) is 9.15. The van der Waals surface area contributed by atoms with E-state index >= 15 is 0 Å². The fourth-order valence-electron chi connectivity index (χ4n) is 2.69. The average Bonchev–Trinajstić information content (AvgIpc) is 2.42. The number of hydrogen-bond donors (Lipinski definition) is 1. The first-order valence-corrected chi connectivity index (χ1v) is 6.88. The Morgan fingerprint density at radius 1 is 1.21 bits per heavy atom. The van der Waals surface area contributed by atoms with Gasteiger partial charge in [-0.25, -0.2) is 8.78 Å². The topological polar surface area (TPSA) is 21.3 Å². The van der Waals surface area contributed by atoms with Crippen molar-refractivity contribution in [2.75, 3.05) is 26.3 Å². The Balaban J connectivity index is 2.12. The fraction of sp³-hybridized carbons (Fsp3) is 0.600. The molecule has 0 unspecified atom stereocenters. The highest BCUT2D eigenvalue weighted by Crippen LogP contribution is 2.34. The Morgan fingerprint density at radius 3 is 2.58 bits per heavy atom. The summed E-state index contributed by atoms with van der Waals surface area (Å²) in [6.45, 7) is 5.38. The van der Waals surface area contributed by atoms with E-state index in [4.69, 9.17) is 4.74 Å². The van der Waals surface area contributed by atoms with Crippen LogP contribution in [-0.2, 0) is 11.2 Å². The molecule has 0 saturated carbocycles. The molecule has 1 fully saturated rings. The molecule has 19 heavy (non-hydrogen) atoms. The lowest BCUT2D eigenvalue weighted by atomic mass is 9.75. The summed E-state index contributed by atoms with van der Waals surface area (Å²) < 4.78 is 31.7. The molecule has 0 aromatic heterocycles. The standard InChI is InChI=1S/C15H21F2NO/c1-2-18-11-15(5-7-19-8-6-15)10-12-3-4-13(16)14(17)9-12/h3-4,9,18H,2,5-8,10-11H2,1H3. The second kappa shape index (κ2) is 6.44. The number of ether oxygens (including phenoxy) is 1. The monoisotopic (exact) mass is 269 g/mol. The van der Waals surface area contributed by atoms with Crippen molar-refractivity contribution in [1.82, 2.24) is 5.32 Å². The van der Waals surface area contributed by atoms with Crippen LogP contribution >= 0.6 is 0 Å². The summed E-state index contributed by atoms with van der Waals surface area (Å²) in [6, 6.07) is 4.21. The highest BCUT2D eigenvalue weighted by atomic mass is 19.2. The summed E-state index contributed by atoms with van der Waals surface area (Å²) in [5.74, 6) is -1.54. The fourth-order valence-corrected chi connectivity index (χ4v) is 2.69. The quantitative estimate of drug-likeness (QED) is 0.887. The number of nitrogens with one attached hydrogen (secondary N) is 1. The second-order valence-electron chi connectivity index (χ2n) is 5.32. The zero-order valence-corrected chi connectivity index (χ0v) is 11.3. The van der Waals surface area contributed by atoms with Crippen LogP contribution in [0.15, 0.2) is 18.2 Å². The van der Waals surface area contributed by atoms with E-state index in [2.05, 4.69) is 12.2 Å². The van der Waals surface area contributed by atoms with E-state index in [9.17, 15) is 8.78 Å². The van der Waals surface area contributed by atoms with Crippen LogP contribution in [0.3, 0.4) is 0 Å². The van der Waals surface area contributed by atoms with Crippen LogP contribution in [-0.4, -0.2) is 26.3 Å². The first kappa shape index (κ1) is 14.4. The lowest BCUT2D eigenvalue weighted by Gasteiger charge is -2.37. The van der Waals surface area contributed by atoms with Crippen LogP contribution in [0.4, 0.5) is 8.78 Å². The van der Waals surface area contributed by atoms with Gasteiger partial charge in [-0.3, -0.25) is 0 Å². The highest BCUT2D eigenvalue weighted by Gasteiger charge is 2.32. The smallest absolute Gasteiger partial charge is 0.159 e. The molecular formula is C15H21F2NO. The molecule has 1 aliphatic heterocycles. The Hall–Kier alpha value is -1.00. The molecule has 2 rings (SSSR count). The van der Waals surface area contributed by atoms with Gasteiger partial charge in [-0.15, -0.1) is 0 Å². The van der Waals surface area contributed by atoms with E-state index in [1.54, 1.807) is 6.07 Å². The maximum absolute atomic E-state index is 13.3. The van der Waals surface area contributed by atoms with E-state index < -0.39 is 11.6 Å². The molecule has 1 aliphatic rings. The first-order valence-electron chi connectivity index (χ1n) is 6.88. The van der Waals surface area contributed by atoms with E-state index in [0.717, 1.165) is 51.1 Å². The van der Waals surface area contributed by atoms with E-state index in [1.807, 2.05) is 0 Å². The molecule has 0 spiro atoms. The van der Waals surface area contributed by atoms with Gasteiger partial charge in [0, 0.05) is 19.8 Å². The maximum Gasteiger partial charge on any atom is 0.159 e. The predicted octanol–water partition coefficient (Wildman–Crippen LogP) is 2.91. The molecule has 1 N–H and O–H groups in total. The Bertz CT molecular complexity index is 417. The lowest BCUT2D eigenvalue weighted by Crippen LogP contribution is -2.40. The largest absolute Gasteiger partial charge is 0.381 e. The molecule has 106 valence electrons. The SMILES string of the molecule is CCNCC1(Cc2ccc(F)c(F)c2)CCOCC1. The Kier molecular flexibility index (Phi) is 4.88. The van der Waals surface area contributed by atoms with Crippen LogP contribution in [0.25, 0.3) is 0 Å². The third kappa shape index (κ3) is 3.74. The molecule has 1 aromatic rings. The number of halogens is 2. The van der Waals surface area contributed by atoms with Gasteiger partial charge < -0.3 is 10.1 Å². The normalized spacial score (nSPS) is 18.5. The van der Waals surface area contributed by atoms with Gasteiger partial charge in [-0.05, 0) is 48.9 Å². The van der Waals surface area contributed by atoms with Crippen LogP contribution in [0.1, 0.15) is 25.3 Å². The van der Waals surface area contributed by atoms with Crippen LogP contribution < -0.4 is 5.32 Å². The van der Waals surface area contributed by atoms with Crippen molar-refractivity contribution in [3.63, 3.8) is 0 Å². The van der Waals surface area contributed by atoms with Crippen molar-refractivity contribution in [2.45, 2.75) is 26.2 Å². The molecule has 1 heterocycles. The third-order valence-corrected chi connectivity index (χ3v) is 3.87. The molecule has 2 nitrogen and oxygen atoms in total. The Labute approximate surface area is 113 Å². The zero-order valence-electron chi connectivity index (χ0n) is 11.3. The molecule has 4 heteroatoms. The van der Waals surface area contributed by atoms with Crippen molar-refractivity contribution in [3.8, 4) is 0 Å². The molecule has 0 radical (unpaired) electrons. The van der Waals surface area contributed by atoms with E-state index in [1.165, 1.54) is 12.1 Å². The van der Waals surface area contributed by atoms with Crippen LogP contribution in [0.2, 0.25) is 0 Å². The minimum Gasteiger partial charge on any atom is -0.381 e. The Morgan fingerprint density at radius 2 is 1.95 bits per heavy atom. The van der Waals surface area contributed by atoms with Gasteiger partial charge in [0.2, 0.25) is 0 Å². The third-order valence-electron chi connectivity index (χ3n) is 3.87. The van der Waals surface area contributed by atoms with Crippen molar-refractivity contribution in [1.29, 1.82) is 0 Å². The minimum absolute atomic E-state index is 0.0958. The maximum atomic E-state index is 13.3. The molecule has 0 amide bonds. The average molecular weight is 269 g/mol. The summed E-state index contributed by atoms with van der Waals surface area (Å²) in [6.07, 6.45) is 2.68. The molecule has 1 saturated heterocycles. The van der Waals surface area contributed by atoms with Crippen molar-refractivity contribution in [3.05, 3.63) is 35.4 Å². The van der Waals surface area contributed by atoms with Gasteiger partial charge in [-0.2, -0.15) is 0 Å². The van der Waals surface area contributed by atoms with Crippen molar-refractivity contribution in [2.24, 2.45) is 5.41 Å². The summed E-state index contributed by atoms with van der Waals surface area (Å²) in [4.78, 5) is 0. The minimum atomic E-state index is -0.781. The summed E-state index contributed by atoms with van der Waals surface area (Å²) in [5.41, 5.74) is 0.956. The highest BCUT2D eigenvalue weighted by molar-refractivity contribution is 5.19. The van der Waals surface area contributed by atoms with Gasteiger partial charge in [0.1, 0.15) is 0 Å². The van der Waals surface area contributed by atoms with E-state index in [0.29, 0.717) is 0 Å². The zero-order chi connectivity index (χ0) is 13.7. The number of benzene rings is 1. The number of hydrogen-bond acceptors (Lipinski definition) is 2. The lowest BCUT2D eigenvalue weighted by molar-refractivity contribution is 0.0151. The second-order valence-corrected chi connectivity index (χ2v) is 5.32. The molecule has 1 aromatic carbocycles. The van der Waals surface area contributed by atoms with Gasteiger partial charge in [-0.1, -0.05) is 13.0 Å². The number of rotatable bonds is 5. The molecular weight excluding hydrogens is 248 g/mol. The molecule has 0 atom stereocenters. The molecule has 0 aliphatic carbocycles. The predicted molar refractivity (Wildman–Crippen MR) is 71.1 cm³/mol. The van der Waals surface area contributed by atoms with Gasteiger partial charge >= 0.3 is 0 Å². The summed E-state index contributed by atoms with van der Waals surface area (Å²) >= 11 is 0. The van der Waals surface area contributed by atoms with Gasteiger partial charge in [0.05, 0.1) is 0 Å². The summed E-state index contributed by atoms with van der Waals surface area (Å²) in [5, 5.41) is 3.38.